The van der Waals surface area contributed by atoms with E-state index in [1.807, 2.05) is 18.2 Å². The summed E-state index contributed by atoms with van der Waals surface area (Å²) >= 11 is 12.5. The predicted octanol–water partition coefficient (Wildman–Crippen LogP) is 4.65. The first kappa shape index (κ1) is 20.3. The number of allylic oxidation sites excluding steroid dienone is 4. The van der Waals surface area contributed by atoms with Crippen molar-refractivity contribution in [2.75, 3.05) is 31.1 Å². The molecule has 5 nitrogen and oxygen atoms in total. The predicted molar refractivity (Wildman–Crippen MR) is 109 cm³/mol. The molecule has 26 heavy (non-hydrogen) atoms. The molecule has 7 heteroatoms. The Kier molecular flexibility index (Phi) is 8.01. The molecule has 1 aliphatic heterocycles. The van der Waals surface area contributed by atoms with Crippen LogP contribution < -0.4 is 10.2 Å². The number of hydrogen-bond acceptors (Lipinski definition) is 3. The fraction of sp³-hybridized carbons (Fsp3) is 0.368. The molecule has 1 aromatic heterocycles. The number of halogens is 2. The molecule has 0 spiro atoms. The van der Waals surface area contributed by atoms with Crippen LogP contribution in [0.5, 0.6) is 0 Å². The minimum absolute atomic E-state index is 0.130. The number of nitrogens with zero attached hydrogens (tertiary/aromatic N) is 3. The molecular formula is C19H24Cl2N4O. The Labute approximate surface area is 165 Å². The number of rotatable bonds is 5. The van der Waals surface area contributed by atoms with Crippen LogP contribution >= 0.6 is 23.2 Å². The molecule has 0 unspecified atom stereocenters. The minimum atomic E-state index is -0.130. The maximum Gasteiger partial charge on any atom is 0.321 e. The van der Waals surface area contributed by atoms with Gasteiger partial charge >= 0.3 is 6.03 Å². The van der Waals surface area contributed by atoms with Crippen molar-refractivity contribution in [1.82, 2.24) is 15.2 Å². The van der Waals surface area contributed by atoms with E-state index in [1.165, 1.54) is 0 Å². The molecule has 0 aliphatic carbocycles. The van der Waals surface area contributed by atoms with Crippen LogP contribution in [0.1, 0.15) is 19.8 Å². The number of urea groups is 1. The molecule has 1 aromatic rings. The van der Waals surface area contributed by atoms with Gasteiger partial charge in [0, 0.05) is 44.3 Å². The Morgan fingerprint density at radius 3 is 2.65 bits per heavy atom. The van der Waals surface area contributed by atoms with E-state index in [2.05, 4.69) is 28.7 Å². The second-order valence-corrected chi connectivity index (χ2v) is 6.69. The van der Waals surface area contributed by atoms with E-state index in [4.69, 9.17) is 23.2 Å². The van der Waals surface area contributed by atoms with E-state index < -0.39 is 0 Å². The summed E-state index contributed by atoms with van der Waals surface area (Å²) in [5.41, 5.74) is 1.46. The van der Waals surface area contributed by atoms with Gasteiger partial charge in [0.25, 0.3) is 0 Å². The molecule has 2 rings (SSSR count). The zero-order valence-corrected chi connectivity index (χ0v) is 16.4. The summed E-state index contributed by atoms with van der Waals surface area (Å²) in [6, 6.07) is -0.130. The summed E-state index contributed by atoms with van der Waals surface area (Å²) in [6.45, 7) is 8.48. The maximum absolute atomic E-state index is 12.6. The Balaban J connectivity index is 2.01. The highest BCUT2D eigenvalue weighted by atomic mass is 35.5. The average molecular weight is 395 g/mol. The number of anilines is 1. The van der Waals surface area contributed by atoms with Gasteiger partial charge in [-0.2, -0.15) is 0 Å². The largest absolute Gasteiger partial charge is 0.367 e. The van der Waals surface area contributed by atoms with Gasteiger partial charge in [-0.05, 0) is 25.0 Å². The van der Waals surface area contributed by atoms with E-state index >= 15 is 0 Å². The Morgan fingerprint density at radius 1 is 1.27 bits per heavy atom. The number of nitrogens with one attached hydrogen (secondary N) is 1. The molecule has 0 aromatic carbocycles. The fourth-order valence-corrected chi connectivity index (χ4v) is 3.33. The number of carbonyl (C=O) groups excluding carboxylic acids is 1. The Bertz CT molecular complexity index is 683. The highest BCUT2D eigenvalue weighted by molar-refractivity contribution is 6.38. The first-order valence-electron chi connectivity index (χ1n) is 8.66. The van der Waals surface area contributed by atoms with Gasteiger partial charge in [0.05, 0.1) is 15.7 Å². The number of aromatic nitrogens is 1. The van der Waals surface area contributed by atoms with Crippen molar-refractivity contribution in [2.24, 2.45) is 0 Å². The lowest BCUT2D eigenvalue weighted by molar-refractivity contribution is 0.204. The summed E-state index contributed by atoms with van der Waals surface area (Å²) in [5.74, 6) is 0. The highest BCUT2D eigenvalue weighted by Crippen LogP contribution is 2.33. The van der Waals surface area contributed by atoms with E-state index in [0.29, 0.717) is 35.4 Å². The van der Waals surface area contributed by atoms with Crippen LogP contribution in [0, 0.1) is 0 Å². The molecule has 2 heterocycles. The maximum atomic E-state index is 12.6. The number of hydrogen-bond donors (Lipinski definition) is 1. The van der Waals surface area contributed by atoms with Crippen molar-refractivity contribution in [2.45, 2.75) is 19.8 Å². The summed E-state index contributed by atoms with van der Waals surface area (Å²) < 4.78 is 0. The first-order valence-corrected chi connectivity index (χ1v) is 9.41. The number of carbonyl (C=O) groups is 1. The summed E-state index contributed by atoms with van der Waals surface area (Å²) in [4.78, 5) is 20.4. The van der Waals surface area contributed by atoms with E-state index in [9.17, 15) is 4.79 Å². The molecular weight excluding hydrogens is 371 g/mol. The molecule has 0 atom stereocenters. The van der Waals surface area contributed by atoms with Crippen molar-refractivity contribution in [1.29, 1.82) is 0 Å². The Hall–Kier alpha value is -1.98. The van der Waals surface area contributed by atoms with Gasteiger partial charge in [-0.15, -0.1) is 0 Å². The monoisotopic (exact) mass is 394 g/mol. The van der Waals surface area contributed by atoms with Crippen molar-refractivity contribution >= 4 is 34.9 Å². The normalized spacial score (nSPS) is 15.9. The molecule has 140 valence electrons. The van der Waals surface area contributed by atoms with E-state index in [0.717, 1.165) is 25.1 Å². The second-order valence-electron chi connectivity index (χ2n) is 5.87. The summed E-state index contributed by atoms with van der Waals surface area (Å²) in [6.07, 6.45) is 12.3. The third-order valence-electron chi connectivity index (χ3n) is 4.05. The van der Waals surface area contributed by atoms with Crippen LogP contribution in [0.3, 0.4) is 0 Å². The summed E-state index contributed by atoms with van der Waals surface area (Å²) in [5, 5.41) is 3.94. The van der Waals surface area contributed by atoms with Crippen LogP contribution in [-0.2, 0) is 0 Å². The lowest BCUT2D eigenvalue weighted by atomic mass is 10.3. The molecule has 1 N–H and O–H groups in total. The zero-order valence-electron chi connectivity index (χ0n) is 14.9. The first-order chi connectivity index (χ1) is 12.6. The standard InChI is InChI=1S/C19H24Cl2N4O/c1-3-5-6-8-15(4-2)23-19(26)25-10-7-9-24(11-12-25)18-16(20)13-22-14-17(18)21/h4-6,8,13-14H,2-3,7,9-12H2,1H3,(H,23,26)/b6-5-,15-8+. The second kappa shape index (κ2) is 10.2. The van der Waals surface area contributed by atoms with Crippen LogP contribution in [0.4, 0.5) is 10.5 Å². The third-order valence-corrected chi connectivity index (χ3v) is 4.60. The third kappa shape index (κ3) is 5.51. The quantitative estimate of drug-likeness (QED) is 0.739. The van der Waals surface area contributed by atoms with Crippen molar-refractivity contribution in [3.63, 3.8) is 0 Å². The lowest BCUT2D eigenvalue weighted by Gasteiger charge is -2.25. The molecule has 1 saturated heterocycles. The zero-order chi connectivity index (χ0) is 18.9. The van der Waals surface area contributed by atoms with E-state index in [-0.39, 0.29) is 6.03 Å². The van der Waals surface area contributed by atoms with Gasteiger partial charge in [-0.25, -0.2) is 4.79 Å². The SMILES string of the molecule is C=C/C(=C\C=C/CC)NC(=O)N1CCCN(c2c(Cl)cncc2Cl)CC1. The van der Waals surface area contributed by atoms with Gasteiger partial charge in [-0.3, -0.25) is 4.98 Å². The van der Waals surface area contributed by atoms with Crippen molar-refractivity contribution in [3.05, 3.63) is 59.0 Å². The van der Waals surface area contributed by atoms with Gasteiger partial charge in [-0.1, -0.05) is 48.9 Å². The van der Waals surface area contributed by atoms with Crippen LogP contribution in [-0.4, -0.2) is 42.1 Å². The smallest absolute Gasteiger partial charge is 0.321 e. The molecule has 1 aliphatic rings. The molecule has 0 saturated carbocycles. The molecule has 0 bridgehead atoms. The van der Waals surface area contributed by atoms with Gasteiger partial charge in [0.15, 0.2) is 0 Å². The van der Waals surface area contributed by atoms with Crippen LogP contribution in [0.25, 0.3) is 0 Å². The van der Waals surface area contributed by atoms with Crippen molar-refractivity contribution < 1.29 is 4.79 Å². The van der Waals surface area contributed by atoms with Crippen LogP contribution in [0.15, 0.2) is 49.0 Å². The van der Waals surface area contributed by atoms with E-state index in [1.54, 1.807) is 23.4 Å². The van der Waals surface area contributed by atoms with Crippen molar-refractivity contribution in [3.8, 4) is 0 Å². The average Bonchev–Trinajstić information content (AvgIpc) is 2.87. The van der Waals surface area contributed by atoms with Gasteiger partial charge < -0.3 is 15.1 Å². The number of pyridine rings is 1. The van der Waals surface area contributed by atoms with Gasteiger partial charge in [0.2, 0.25) is 0 Å². The molecule has 2 amide bonds. The minimum Gasteiger partial charge on any atom is -0.367 e. The number of amides is 2. The van der Waals surface area contributed by atoms with Gasteiger partial charge in [0.1, 0.15) is 0 Å². The lowest BCUT2D eigenvalue weighted by Crippen LogP contribution is -2.41. The Morgan fingerprint density at radius 2 is 2.00 bits per heavy atom. The highest BCUT2D eigenvalue weighted by Gasteiger charge is 2.22. The molecule has 1 fully saturated rings. The summed E-state index contributed by atoms with van der Waals surface area (Å²) in [7, 11) is 0. The molecule has 0 radical (unpaired) electrons. The fourth-order valence-electron chi connectivity index (χ4n) is 2.72. The van der Waals surface area contributed by atoms with Crippen LogP contribution in [0.2, 0.25) is 10.0 Å². The topological polar surface area (TPSA) is 48.5 Å².